The second-order valence-electron chi connectivity index (χ2n) is 3.34. The van der Waals surface area contributed by atoms with E-state index in [1.165, 1.54) is 4.68 Å². The van der Waals surface area contributed by atoms with Gasteiger partial charge in [-0.05, 0) is 14.0 Å². The third-order valence-electron chi connectivity index (χ3n) is 2.17. The monoisotopic (exact) mass is 237 g/mol. The minimum Gasteiger partial charge on any atom is -0.313 e. The van der Waals surface area contributed by atoms with Crippen molar-refractivity contribution in [3.63, 3.8) is 0 Å². The van der Waals surface area contributed by atoms with E-state index in [2.05, 4.69) is 15.2 Å². The Kier molecular flexibility index (Phi) is 4.31. The number of rotatable bonds is 5. The van der Waals surface area contributed by atoms with Crippen molar-refractivity contribution in [3.8, 4) is 0 Å². The molecule has 0 aliphatic carbocycles. The highest BCUT2D eigenvalue weighted by Gasteiger charge is 2.28. The Hall–Kier alpha value is -1.08. The van der Waals surface area contributed by atoms with E-state index in [9.17, 15) is 13.2 Å². The molecule has 0 radical (unpaired) electrons. The Labute approximate surface area is 91.4 Å². The van der Waals surface area contributed by atoms with Crippen molar-refractivity contribution in [3.05, 3.63) is 18.0 Å². The normalized spacial score (nSPS) is 14.1. The first-order valence-electron chi connectivity index (χ1n) is 4.82. The van der Waals surface area contributed by atoms with E-state index in [1.807, 2.05) is 6.92 Å². The second kappa shape index (κ2) is 5.31. The molecule has 4 nitrogen and oxygen atoms in total. The van der Waals surface area contributed by atoms with Gasteiger partial charge in [-0.1, -0.05) is 0 Å². The van der Waals surface area contributed by atoms with Gasteiger partial charge < -0.3 is 5.32 Å². The fraction of sp³-hybridized carbons (Fsp3) is 0.667. The quantitative estimate of drug-likeness (QED) is 0.847. The molecule has 1 aromatic rings. The summed E-state index contributed by atoms with van der Waals surface area (Å²) >= 11 is 0. The molecule has 0 spiro atoms. The highest BCUT2D eigenvalue weighted by molar-refractivity contribution is 5.08. The molecule has 0 aliphatic rings. The Morgan fingerprint density at radius 3 is 2.81 bits per heavy atom. The van der Waals surface area contributed by atoms with Crippen LogP contribution >= 0.6 is 0 Å². The lowest BCUT2D eigenvalue weighted by Crippen LogP contribution is -2.17. The molecule has 92 valence electrons. The summed E-state index contributed by atoms with van der Waals surface area (Å²) in [5.74, 6) is 0. The van der Waals surface area contributed by atoms with Gasteiger partial charge in [-0.2, -0.15) is 5.10 Å². The molecule has 16 heavy (non-hydrogen) atoms. The lowest BCUT2D eigenvalue weighted by Gasteiger charge is -2.07. The van der Waals surface area contributed by atoms with Crippen molar-refractivity contribution >= 4 is 0 Å². The molecule has 0 saturated carbocycles. The van der Waals surface area contributed by atoms with Gasteiger partial charge in [0.1, 0.15) is 0 Å². The van der Waals surface area contributed by atoms with Gasteiger partial charge in [0.15, 0.2) is 0 Å². The number of alkyl halides is 3. The highest BCUT2D eigenvalue weighted by Crippen LogP contribution is 2.16. The van der Waals surface area contributed by atoms with Crippen LogP contribution in [0.25, 0.3) is 0 Å². The number of halogens is 3. The van der Waals surface area contributed by atoms with Gasteiger partial charge in [0, 0.05) is 17.8 Å². The first-order valence-corrected chi connectivity index (χ1v) is 4.82. The first-order chi connectivity index (χ1) is 7.42. The Balaban J connectivity index is 2.41. The zero-order valence-electron chi connectivity index (χ0n) is 9.08. The van der Waals surface area contributed by atoms with Crippen molar-refractivity contribution < 1.29 is 17.9 Å². The summed E-state index contributed by atoms with van der Waals surface area (Å²) in [6.45, 7) is 1.59. The van der Waals surface area contributed by atoms with Crippen LogP contribution in [0.5, 0.6) is 0 Å². The molecule has 7 heteroatoms. The first kappa shape index (κ1) is 13.0. The van der Waals surface area contributed by atoms with E-state index in [4.69, 9.17) is 0 Å². The summed E-state index contributed by atoms with van der Waals surface area (Å²) in [5, 5.41) is 6.94. The van der Waals surface area contributed by atoms with Gasteiger partial charge in [-0.3, -0.25) is 9.42 Å². The van der Waals surface area contributed by atoms with E-state index in [0.29, 0.717) is 0 Å². The Bertz CT molecular complexity index is 324. The average Bonchev–Trinajstić information content (AvgIpc) is 2.63. The SMILES string of the molecule is CNC(C)c1cnn(CCOC(F)(F)F)c1. The van der Waals surface area contributed by atoms with Crippen molar-refractivity contribution in [1.29, 1.82) is 0 Å². The smallest absolute Gasteiger partial charge is 0.313 e. The van der Waals surface area contributed by atoms with Crippen LogP contribution in [0.1, 0.15) is 18.5 Å². The maximum Gasteiger partial charge on any atom is 0.522 e. The van der Waals surface area contributed by atoms with Gasteiger partial charge in [-0.15, -0.1) is 13.2 Å². The van der Waals surface area contributed by atoms with Crippen LogP contribution in [-0.2, 0) is 11.3 Å². The number of hydrogen-bond donors (Lipinski definition) is 1. The molecule has 1 aromatic heterocycles. The molecule has 0 amide bonds. The largest absolute Gasteiger partial charge is 0.522 e. The van der Waals surface area contributed by atoms with Crippen LogP contribution in [0.15, 0.2) is 12.4 Å². The average molecular weight is 237 g/mol. The predicted molar refractivity (Wildman–Crippen MR) is 51.7 cm³/mol. The van der Waals surface area contributed by atoms with Gasteiger partial charge in [0.2, 0.25) is 0 Å². The molecule has 1 unspecified atom stereocenters. The number of nitrogens with one attached hydrogen (secondary N) is 1. The fourth-order valence-corrected chi connectivity index (χ4v) is 1.15. The molecule has 0 aliphatic heterocycles. The summed E-state index contributed by atoms with van der Waals surface area (Å²) in [7, 11) is 1.80. The Morgan fingerprint density at radius 1 is 1.56 bits per heavy atom. The molecular weight excluding hydrogens is 223 g/mol. The van der Waals surface area contributed by atoms with E-state index >= 15 is 0 Å². The van der Waals surface area contributed by atoms with Crippen LogP contribution in [0.3, 0.4) is 0 Å². The zero-order valence-corrected chi connectivity index (χ0v) is 9.08. The second-order valence-corrected chi connectivity index (χ2v) is 3.34. The molecule has 1 rings (SSSR count). The predicted octanol–water partition coefficient (Wildman–Crippen LogP) is 1.70. The minimum atomic E-state index is -4.58. The maximum atomic E-state index is 11.7. The molecule has 1 N–H and O–H groups in total. The molecule has 0 bridgehead atoms. The molecule has 1 heterocycles. The summed E-state index contributed by atoms with van der Waals surface area (Å²) < 4.78 is 40.1. The summed E-state index contributed by atoms with van der Waals surface area (Å²) in [6, 6.07) is 0.122. The molecule has 0 aromatic carbocycles. The third-order valence-corrected chi connectivity index (χ3v) is 2.17. The van der Waals surface area contributed by atoms with Crippen molar-refractivity contribution in [1.82, 2.24) is 15.1 Å². The van der Waals surface area contributed by atoms with Crippen LogP contribution < -0.4 is 5.32 Å². The standard InChI is InChI=1S/C9H14F3N3O/c1-7(13-2)8-5-14-15(6-8)3-4-16-9(10,11)12/h5-7,13H,3-4H2,1-2H3. The number of hydrogen-bond acceptors (Lipinski definition) is 3. The van der Waals surface area contributed by atoms with Crippen LogP contribution in [0.4, 0.5) is 13.2 Å². The molecule has 0 fully saturated rings. The topological polar surface area (TPSA) is 39.1 Å². The lowest BCUT2D eigenvalue weighted by molar-refractivity contribution is -0.325. The van der Waals surface area contributed by atoms with E-state index in [-0.39, 0.29) is 12.6 Å². The number of aromatic nitrogens is 2. The molecule has 1 atom stereocenters. The zero-order chi connectivity index (χ0) is 12.2. The lowest BCUT2D eigenvalue weighted by atomic mass is 10.2. The molecule has 0 saturated heterocycles. The molecular formula is C9H14F3N3O. The summed E-state index contributed by atoms with van der Waals surface area (Å²) in [4.78, 5) is 0. The fourth-order valence-electron chi connectivity index (χ4n) is 1.15. The number of ether oxygens (including phenoxy) is 1. The van der Waals surface area contributed by atoms with Crippen molar-refractivity contribution in [2.75, 3.05) is 13.7 Å². The van der Waals surface area contributed by atoms with E-state index in [1.54, 1.807) is 19.4 Å². The van der Waals surface area contributed by atoms with Gasteiger partial charge in [0.05, 0.1) is 19.3 Å². The number of nitrogens with zero attached hydrogens (tertiary/aromatic N) is 2. The van der Waals surface area contributed by atoms with Crippen molar-refractivity contribution in [2.45, 2.75) is 25.9 Å². The third kappa shape index (κ3) is 4.19. The van der Waals surface area contributed by atoms with E-state index < -0.39 is 13.0 Å². The van der Waals surface area contributed by atoms with Gasteiger partial charge >= 0.3 is 6.36 Å². The van der Waals surface area contributed by atoms with Crippen LogP contribution in [0.2, 0.25) is 0 Å². The van der Waals surface area contributed by atoms with Crippen LogP contribution in [-0.4, -0.2) is 29.8 Å². The summed E-state index contributed by atoms with van der Waals surface area (Å²) in [5.41, 5.74) is 0.925. The summed E-state index contributed by atoms with van der Waals surface area (Å²) in [6.07, 6.45) is -1.26. The highest BCUT2D eigenvalue weighted by atomic mass is 19.4. The van der Waals surface area contributed by atoms with Gasteiger partial charge in [-0.25, -0.2) is 0 Å². The van der Waals surface area contributed by atoms with E-state index in [0.717, 1.165) is 5.56 Å². The van der Waals surface area contributed by atoms with Crippen LogP contribution in [0, 0.1) is 0 Å². The Morgan fingerprint density at radius 2 is 2.25 bits per heavy atom. The van der Waals surface area contributed by atoms with Gasteiger partial charge in [0.25, 0.3) is 0 Å². The maximum absolute atomic E-state index is 11.7. The minimum absolute atomic E-state index is 0.0793. The van der Waals surface area contributed by atoms with Crippen molar-refractivity contribution in [2.24, 2.45) is 0 Å².